The largest absolute Gasteiger partial charge is 1.00 e. The standard InChI is InChI=1S/C12H12O5.2Li.H2O/c1-2-16-11(14)9-3-5-10(6-4-9)12(15)17-8-7-13;;;/h3-6H,1-2,7-8H2;;;1H2/q-2;2*+1;/p-1. The SMILES string of the molecule is [CH2-]COC(=O)c1ccc(C(=O)OCC[O-])cc1.[Li+].[Li+].[OH-]. The summed E-state index contributed by atoms with van der Waals surface area (Å²) in [7, 11) is 0. The van der Waals surface area contributed by atoms with Crippen molar-refractivity contribution in [3.05, 3.63) is 42.3 Å². The molecule has 0 fully saturated rings. The van der Waals surface area contributed by atoms with E-state index in [-0.39, 0.29) is 62.0 Å². The normalized spacial score (nSPS) is 8.30. The summed E-state index contributed by atoms with van der Waals surface area (Å²) in [5.41, 5.74) is 0.610. The van der Waals surface area contributed by atoms with Gasteiger partial charge in [-0.25, -0.2) is 9.59 Å². The van der Waals surface area contributed by atoms with Crippen molar-refractivity contribution < 1.29 is 67.4 Å². The molecule has 8 heteroatoms. The van der Waals surface area contributed by atoms with Crippen molar-refractivity contribution in [2.75, 3.05) is 19.8 Å². The molecule has 1 aromatic carbocycles. The van der Waals surface area contributed by atoms with Crippen molar-refractivity contribution in [3.63, 3.8) is 0 Å². The van der Waals surface area contributed by atoms with Crippen molar-refractivity contribution in [3.8, 4) is 0 Å². The molecule has 0 heterocycles. The number of ether oxygens (including phenoxy) is 2. The summed E-state index contributed by atoms with van der Waals surface area (Å²) in [6, 6.07) is 5.78. The van der Waals surface area contributed by atoms with Crippen molar-refractivity contribution in [2.45, 2.75) is 0 Å². The van der Waals surface area contributed by atoms with Crippen LogP contribution in [0.4, 0.5) is 0 Å². The molecule has 1 N–H and O–H groups in total. The van der Waals surface area contributed by atoms with E-state index in [1.54, 1.807) is 0 Å². The molecule has 20 heavy (non-hydrogen) atoms. The number of rotatable bonds is 5. The number of esters is 2. The van der Waals surface area contributed by atoms with Gasteiger partial charge in [0, 0.05) is 0 Å². The molecule has 0 unspecified atom stereocenters. The van der Waals surface area contributed by atoms with Crippen LogP contribution >= 0.6 is 0 Å². The zero-order chi connectivity index (χ0) is 12.7. The number of benzene rings is 1. The summed E-state index contributed by atoms with van der Waals surface area (Å²) < 4.78 is 9.33. The maximum absolute atomic E-state index is 11.3. The van der Waals surface area contributed by atoms with E-state index in [9.17, 15) is 14.7 Å². The van der Waals surface area contributed by atoms with Gasteiger partial charge in [-0.15, -0.1) is 6.61 Å². The quantitative estimate of drug-likeness (QED) is 0.299. The summed E-state index contributed by atoms with van der Waals surface area (Å²) in [5.74, 6) is -1.09. The van der Waals surface area contributed by atoms with Crippen molar-refractivity contribution in [1.29, 1.82) is 0 Å². The molecule has 6 nitrogen and oxygen atoms in total. The van der Waals surface area contributed by atoms with Gasteiger partial charge in [-0.05, 0) is 30.9 Å². The summed E-state index contributed by atoms with van der Waals surface area (Å²) >= 11 is 0. The zero-order valence-corrected chi connectivity index (χ0v) is 11.6. The number of carbonyl (C=O) groups is 2. The molecule has 0 saturated carbocycles. The maximum Gasteiger partial charge on any atom is 1.00 e. The van der Waals surface area contributed by atoms with E-state index in [2.05, 4.69) is 16.4 Å². The van der Waals surface area contributed by atoms with E-state index in [1.807, 2.05) is 0 Å². The minimum absolute atomic E-state index is 0. The van der Waals surface area contributed by atoms with E-state index >= 15 is 0 Å². The second kappa shape index (κ2) is 13.3. The van der Waals surface area contributed by atoms with Crippen LogP contribution in [0.5, 0.6) is 0 Å². The van der Waals surface area contributed by atoms with Gasteiger partial charge in [-0.2, -0.15) is 0 Å². The molecule has 100 valence electrons. The van der Waals surface area contributed by atoms with Crippen LogP contribution in [0.25, 0.3) is 0 Å². The molecule has 0 atom stereocenters. The summed E-state index contributed by atoms with van der Waals surface area (Å²) in [5, 5.41) is 10.1. The Bertz CT molecular complexity index is 393. The maximum atomic E-state index is 11.3. The van der Waals surface area contributed by atoms with Crippen LogP contribution in [-0.2, 0) is 9.47 Å². The Morgan fingerprint density at radius 2 is 1.40 bits per heavy atom. The third-order valence-corrected chi connectivity index (χ3v) is 1.91. The first-order chi connectivity index (χ1) is 8.19. The van der Waals surface area contributed by atoms with E-state index < -0.39 is 18.5 Å². The van der Waals surface area contributed by atoms with E-state index in [1.165, 1.54) is 24.3 Å². The average Bonchev–Trinajstić information content (AvgIpc) is 2.36. The van der Waals surface area contributed by atoms with Crippen molar-refractivity contribution in [2.24, 2.45) is 0 Å². The molecule has 0 aromatic heterocycles. The monoisotopic (exact) mass is 267 g/mol. The Kier molecular flexibility index (Phi) is 16.1. The molecule has 1 aromatic rings. The Labute approximate surface area is 141 Å². The van der Waals surface area contributed by atoms with Gasteiger partial charge in [0.15, 0.2) is 0 Å². The topological polar surface area (TPSA) is 106 Å². The number of carbonyl (C=O) groups excluding carboxylic acids is 2. The fourth-order valence-electron chi connectivity index (χ4n) is 1.14. The van der Waals surface area contributed by atoms with Gasteiger partial charge in [-0.3, -0.25) is 0 Å². The van der Waals surface area contributed by atoms with Crippen LogP contribution in [0, 0.1) is 6.92 Å². The van der Waals surface area contributed by atoms with Crippen LogP contribution in [0.2, 0.25) is 0 Å². The van der Waals surface area contributed by atoms with Crippen molar-refractivity contribution in [1.82, 2.24) is 0 Å². The molecule has 0 radical (unpaired) electrons. The third-order valence-electron chi connectivity index (χ3n) is 1.91. The van der Waals surface area contributed by atoms with Crippen LogP contribution in [0.3, 0.4) is 0 Å². The fourth-order valence-corrected chi connectivity index (χ4v) is 1.14. The minimum Gasteiger partial charge on any atom is -0.870 e. The number of hydrogen-bond donors (Lipinski definition) is 0. The molecular formula is C12H13Li2O6-. The van der Waals surface area contributed by atoms with Crippen LogP contribution in [0.15, 0.2) is 24.3 Å². The molecule has 0 bridgehead atoms. The summed E-state index contributed by atoms with van der Waals surface area (Å²) in [6.07, 6.45) is 0. The minimum atomic E-state index is -0.585. The van der Waals surface area contributed by atoms with Crippen LogP contribution in [0.1, 0.15) is 20.7 Å². The smallest absolute Gasteiger partial charge is 0.870 e. The van der Waals surface area contributed by atoms with Crippen LogP contribution in [-0.4, -0.2) is 37.2 Å². The van der Waals surface area contributed by atoms with Gasteiger partial charge >= 0.3 is 49.7 Å². The predicted molar refractivity (Wildman–Crippen MR) is 59.2 cm³/mol. The van der Waals surface area contributed by atoms with Gasteiger partial charge < -0.3 is 27.0 Å². The molecule has 1 rings (SSSR count). The molecule has 0 aliphatic rings. The molecule has 0 amide bonds. The van der Waals surface area contributed by atoms with Gasteiger partial charge in [-0.1, -0.05) is 0 Å². The summed E-state index contributed by atoms with van der Waals surface area (Å²) in [6.45, 7) is 2.80. The van der Waals surface area contributed by atoms with Crippen molar-refractivity contribution >= 4 is 11.9 Å². The fraction of sp³-hybridized carbons (Fsp3) is 0.250. The first kappa shape index (κ1) is 24.3. The van der Waals surface area contributed by atoms with Gasteiger partial charge in [0.2, 0.25) is 0 Å². The molecule has 0 spiro atoms. The number of hydrogen-bond acceptors (Lipinski definition) is 6. The van der Waals surface area contributed by atoms with E-state index in [0.717, 1.165) is 0 Å². The van der Waals surface area contributed by atoms with Gasteiger partial charge in [0.1, 0.15) is 0 Å². The Balaban J connectivity index is -0.000000963. The van der Waals surface area contributed by atoms with Gasteiger partial charge in [0.05, 0.1) is 17.7 Å². The second-order valence-electron chi connectivity index (χ2n) is 3.05. The first-order valence-corrected chi connectivity index (χ1v) is 5.00. The molecule has 0 saturated heterocycles. The molecule has 0 aliphatic heterocycles. The van der Waals surface area contributed by atoms with Crippen LogP contribution < -0.4 is 42.8 Å². The zero-order valence-electron chi connectivity index (χ0n) is 11.6. The Morgan fingerprint density at radius 1 is 1.00 bits per heavy atom. The third kappa shape index (κ3) is 7.76. The average molecular weight is 267 g/mol. The van der Waals surface area contributed by atoms with Gasteiger partial charge in [0.25, 0.3) is 0 Å². The molecular weight excluding hydrogens is 254 g/mol. The summed E-state index contributed by atoms with van der Waals surface area (Å²) in [4.78, 5) is 22.6. The van der Waals surface area contributed by atoms with E-state index in [0.29, 0.717) is 5.56 Å². The Morgan fingerprint density at radius 3 is 1.75 bits per heavy atom. The van der Waals surface area contributed by atoms with E-state index in [4.69, 9.17) is 0 Å². The predicted octanol–water partition coefficient (Wildman–Crippen LogP) is -5.97. The first-order valence-electron chi connectivity index (χ1n) is 5.00. The Hall–Kier alpha value is -0.725. The molecule has 0 aliphatic carbocycles. The second-order valence-corrected chi connectivity index (χ2v) is 3.05.